The third kappa shape index (κ3) is 5.75. The van der Waals surface area contributed by atoms with Crippen molar-refractivity contribution < 1.29 is 17.9 Å². The van der Waals surface area contributed by atoms with Crippen LogP contribution in [0.5, 0.6) is 5.75 Å². The van der Waals surface area contributed by atoms with Crippen LogP contribution in [-0.4, -0.2) is 40.0 Å². The normalized spacial score (nSPS) is 13.0. The van der Waals surface area contributed by atoms with E-state index in [1.807, 2.05) is 38.1 Å². The molecule has 1 amide bonds. The third-order valence-electron chi connectivity index (χ3n) is 3.20. The Morgan fingerprint density at radius 2 is 1.81 bits per heavy atom. The molecule has 0 heterocycles. The van der Waals surface area contributed by atoms with Gasteiger partial charge in [-0.3, -0.25) is 4.79 Å². The molecular weight excluding hydrogens is 290 g/mol. The highest BCUT2D eigenvalue weighted by Gasteiger charge is 2.24. The van der Waals surface area contributed by atoms with Crippen LogP contribution in [0, 0.1) is 5.92 Å². The van der Waals surface area contributed by atoms with Crippen molar-refractivity contribution in [2.24, 2.45) is 5.92 Å². The van der Waals surface area contributed by atoms with Crippen LogP contribution in [0.3, 0.4) is 0 Å². The maximum atomic E-state index is 12.3. The molecule has 0 spiro atoms. The van der Waals surface area contributed by atoms with Gasteiger partial charge in [0.05, 0.1) is 18.8 Å². The first-order valence-electron chi connectivity index (χ1n) is 6.84. The van der Waals surface area contributed by atoms with Crippen LogP contribution in [-0.2, 0) is 14.6 Å². The lowest BCUT2D eigenvalue weighted by Crippen LogP contribution is -2.35. The molecule has 0 saturated heterocycles. The molecule has 6 heteroatoms. The predicted octanol–water partition coefficient (Wildman–Crippen LogP) is 1.60. The van der Waals surface area contributed by atoms with Gasteiger partial charge < -0.3 is 10.1 Å². The predicted molar refractivity (Wildman–Crippen MR) is 83.3 cm³/mol. The molecule has 1 N–H and O–H groups in total. The minimum atomic E-state index is -3.07. The Balaban J connectivity index is 2.78. The number of benzene rings is 1. The first-order valence-corrected chi connectivity index (χ1v) is 8.90. The van der Waals surface area contributed by atoms with Gasteiger partial charge in [-0.1, -0.05) is 26.0 Å². The monoisotopic (exact) mass is 313 g/mol. The van der Waals surface area contributed by atoms with Crippen molar-refractivity contribution in [1.82, 2.24) is 5.32 Å². The van der Waals surface area contributed by atoms with Crippen LogP contribution in [0.25, 0.3) is 0 Å². The summed E-state index contributed by atoms with van der Waals surface area (Å²) in [6.45, 7) is 4.06. The zero-order valence-corrected chi connectivity index (χ0v) is 13.7. The number of hydrogen-bond acceptors (Lipinski definition) is 4. The first kappa shape index (κ1) is 17.5. The Labute approximate surface area is 126 Å². The van der Waals surface area contributed by atoms with E-state index in [0.29, 0.717) is 0 Å². The molecule has 0 radical (unpaired) electrons. The summed E-state index contributed by atoms with van der Waals surface area (Å²) >= 11 is 0. The molecule has 1 aromatic rings. The fourth-order valence-corrected chi connectivity index (χ4v) is 2.59. The zero-order valence-electron chi connectivity index (χ0n) is 12.9. The Bertz CT molecular complexity index is 564. The number of sulfone groups is 1. The van der Waals surface area contributed by atoms with E-state index in [1.54, 1.807) is 7.11 Å². The number of nitrogens with one attached hydrogen (secondary N) is 1. The second kappa shape index (κ2) is 7.45. The number of amides is 1. The third-order valence-corrected chi connectivity index (χ3v) is 4.14. The van der Waals surface area contributed by atoms with Gasteiger partial charge >= 0.3 is 0 Å². The maximum absolute atomic E-state index is 12.3. The summed E-state index contributed by atoms with van der Waals surface area (Å²) < 4.78 is 27.3. The standard InChI is InChI=1S/C15H23NO4S/c1-11(2)14(12-5-7-13(20-3)8-6-12)15(17)16-9-10-21(4,18)19/h5-8,11,14H,9-10H2,1-4H3,(H,16,17). The minimum Gasteiger partial charge on any atom is -0.497 e. The van der Waals surface area contributed by atoms with E-state index < -0.39 is 9.84 Å². The van der Waals surface area contributed by atoms with E-state index in [9.17, 15) is 13.2 Å². The average molecular weight is 313 g/mol. The highest BCUT2D eigenvalue weighted by molar-refractivity contribution is 7.90. The van der Waals surface area contributed by atoms with E-state index in [0.717, 1.165) is 17.6 Å². The second-order valence-corrected chi connectivity index (χ2v) is 7.68. The van der Waals surface area contributed by atoms with Crippen molar-refractivity contribution in [2.75, 3.05) is 25.7 Å². The van der Waals surface area contributed by atoms with E-state index in [-0.39, 0.29) is 30.0 Å². The molecule has 0 aliphatic rings. The lowest BCUT2D eigenvalue weighted by atomic mass is 9.87. The number of ether oxygens (including phenoxy) is 1. The van der Waals surface area contributed by atoms with Crippen LogP contribution in [0.1, 0.15) is 25.3 Å². The van der Waals surface area contributed by atoms with Gasteiger partial charge in [-0.15, -0.1) is 0 Å². The number of hydrogen-bond donors (Lipinski definition) is 1. The smallest absolute Gasteiger partial charge is 0.227 e. The molecule has 0 saturated carbocycles. The molecule has 0 bridgehead atoms. The summed E-state index contributed by atoms with van der Waals surface area (Å²) in [5.41, 5.74) is 0.891. The first-order chi connectivity index (χ1) is 9.74. The molecule has 1 unspecified atom stereocenters. The van der Waals surface area contributed by atoms with Gasteiger partial charge in [0.2, 0.25) is 5.91 Å². The van der Waals surface area contributed by atoms with E-state index in [2.05, 4.69) is 5.32 Å². The Morgan fingerprint density at radius 3 is 2.24 bits per heavy atom. The quantitative estimate of drug-likeness (QED) is 0.830. The zero-order chi connectivity index (χ0) is 16.0. The van der Waals surface area contributed by atoms with Crippen molar-refractivity contribution >= 4 is 15.7 Å². The van der Waals surface area contributed by atoms with Gasteiger partial charge in [0.1, 0.15) is 15.6 Å². The fraction of sp³-hybridized carbons (Fsp3) is 0.533. The summed E-state index contributed by atoms with van der Waals surface area (Å²) in [7, 11) is -1.48. The van der Waals surface area contributed by atoms with E-state index in [4.69, 9.17) is 4.74 Å². The molecule has 0 aliphatic heterocycles. The van der Waals surface area contributed by atoms with Crippen molar-refractivity contribution in [1.29, 1.82) is 0 Å². The van der Waals surface area contributed by atoms with Crippen LogP contribution >= 0.6 is 0 Å². The van der Waals surface area contributed by atoms with Crippen LogP contribution in [0.4, 0.5) is 0 Å². The average Bonchev–Trinajstić information content (AvgIpc) is 2.37. The SMILES string of the molecule is COc1ccc(C(C(=O)NCCS(C)(=O)=O)C(C)C)cc1. The maximum Gasteiger partial charge on any atom is 0.227 e. The number of rotatable bonds is 7. The Morgan fingerprint density at radius 1 is 1.24 bits per heavy atom. The van der Waals surface area contributed by atoms with Gasteiger partial charge in [-0.25, -0.2) is 8.42 Å². The highest BCUT2D eigenvalue weighted by atomic mass is 32.2. The summed E-state index contributed by atoms with van der Waals surface area (Å²) in [6.07, 6.45) is 1.16. The molecule has 0 fully saturated rings. The number of methoxy groups -OCH3 is 1. The molecule has 21 heavy (non-hydrogen) atoms. The van der Waals surface area contributed by atoms with Gasteiger partial charge in [0.15, 0.2) is 0 Å². The fourth-order valence-electron chi connectivity index (χ4n) is 2.12. The molecular formula is C15H23NO4S. The topological polar surface area (TPSA) is 72.5 Å². The lowest BCUT2D eigenvalue weighted by molar-refractivity contribution is -0.123. The molecule has 118 valence electrons. The van der Waals surface area contributed by atoms with Gasteiger partial charge in [0, 0.05) is 12.8 Å². The molecule has 1 atom stereocenters. The minimum absolute atomic E-state index is 0.0494. The molecule has 0 aromatic heterocycles. The Kier molecular flexibility index (Phi) is 6.20. The summed E-state index contributed by atoms with van der Waals surface area (Å²) in [5, 5.41) is 2.70. The number of carbonyl (C=O) groups is 1. The molecule has 1 aromatic carbocycles. The van der Waals surface area contributed by atoms with Crippen molar-refractivity contribution in [3.05, 3.63) is 29.8 Å². The Hall–Kier alpha value is -1.56. The summed E-state index contributed by atoms with van der Waals surface area (Å²) in [6, 6.07) is 7.35. The van der Waals surface area contributed by atoms with Crippen LogP contribution < -0.4 is 10.1 Å². The molecule has 0 aliphatic carbocycles. The van der Waals surface area contributed by atoms with Crippen molar-refractivity contribution in [3.8, 4) is 5.75 Å². The highest BCUT2D eigenvalue weighted by Crippen LogP contribution is 2.26. The van der Waals surface area contributed by atoms with E-state index >= 15 is 0 Å². The van der Waals surface area contributed by atoms with Gasteiger partial charge in [-0.05, 0) is 23.6 Å². The largest absolute Gasteiger partial charge is 0.497 e. The second-order valence-electron chi connectivity index (χ2n) is 5.42. The van der Waals surface area contributed by atoms with Crippen molar-refractivity contribution in [2.45, 2.75) is 19.8 Å². The van der Waals surface area contributed by atoms with E-state index in [1.165, 1.54) is 0 Å². The number of carbonyl (C=O) groups excluding carboxylic acids is 1. The molecule has 5 nitrogen and oxygen atoms in total. The van der Waals surface area contributed by atoms with Gasteiger partial charge in [0.25, 0.3) is 0 Å². The lowest BCUT2D eigenvalue weighted by Gasteiger charge is -2.21. The van der Waals surface area contributed by atoms with Crippen LogP contribution in [0.15, 0.2) is 24.3 Å². The van der Waals surface area contributed by atoms with Gasteiger partial charge in [-0.2, -0.15) is 0 Å². The van der Waals surface area contributed by atoms with Crippen LogP contribution in [0.2, 0.25) is 0 Å². The van der Waals surface area contributed by atoms with Crippen molar-refractivity contribution in [3.63, 3.8) is 0 Å². The summed E-state index contributed by atoms with van der Waals surface area (Å²) in [5.74, 6) is 0.330. The summed E-state index contributed by atoms with van der Waals surface area (Å²) in [4.78, 5) is 12.3. The molecule has 1 rings (SSSR count).